The highest BCUT2D eigenvalue weighted by molar-refractivity contribution is 9.09. The molecule has 0 radical (unpaired) electrons. The fourth-order valence-corrected chi connectivity index (χ4v) is 5.64. The van der Waals surface area contributed by atoms with Gasteiger partial charge in [-0.15, -0.1) is 0 Å². The summed E-state index contributed by atoms with van der Waals surface area (Å²) < 4.78 is 11.9. The van der Waals surface area contributed by atoms with Crippen molar-refractivity contribution < 1.29 is 9.47 Å². The van der Waals surface area contributed by atoms with Crippen LogP contribution in [0.3, 0.4) is 0 Å². The van der Waals surface area contributed by atoms with Crippen molar-refractivity contribution >= 4 is 28.1 Å². The Kier molecular flexibility index (Phi) is 21.6. The number of halogens is 1. The molecule has 0 saturated carbocycles. The van der Waals surface area contributed by atoms with E-state index < -0.39 is 0 Å². The fourth-order valence-electron chi connectivity index (χ4n) is 5.32. The second kappa shape index (κ2) is 25.1. The van der Waals surface area contributed by atoms with Gasteiger partial charge < -0.3 is 9.47 Å². The molecule has 0 heterocycles. The van der Waals surface area contributed by atoms with E-state index in [-0.39, 0.29) is 0 Å². The normalized spacial score (nSPS) is 12.0. The van der Waals surface area contributed by atoms with Crippen LogP contribution in [0.15, 0.2) is 42.5 Å². The zero-order valence-corrected chi connectivity index (χ0v) is 28.9. The Labute approximate surface area is 272 Å². The SMILES string of the molecule is CCCCCCCCCCCCCCCCCCOc1ccc(C=Cc2cccc(OCCCC(Br)CC)c2C#N)cc1. The summed E-state index contributed by atoms with van der Waals surface area (Å²) in [5, 5.41) is 9.77. The summed E-state index contributed by atoms with van der Waals surface area (Å²) in [6, 6.07) is 16.3. The van der Waals surface area contributed by atoms with E-state index in [2.05, 4.69) is 48.0 Å². The zero-order valence-electron chi connectivity index (χ0n) is 27.3. The Morgan fingerprint density at radius 1 is 0.674 bits per heavy atom. The van der Waals surface area contributed by atoms with Crippen LogP contribution in [0.5, 0.6) is 11.5 Å². The first-order chi connectivity index (χ1) is 21.2. The van der Waals surface area contributed by atoms with Gasteiger partial charge in [0.25, 0.3) is 0 Å². The number of benzene rings is 2. The predicted molar refractivity (Wildman–Crippen MR) is 189 cm³/mol. The van der Waals surface area contributed by atoms with Crippen molar-refractivity contribution in [2.75, 3.05) is 13.2 Å². The third kappa shape index (κ3) is 17.6. The molecule has 1 atom stereocenters. The minimum atomic E-state index is 0.524. The molecular formula is C39H58BrNO2. The number of ether oxygens (including phenoxy) is 2. The van der Waals surface area contributed by atoms with Crippen LogP contribution in [0.1, 0.15) is 153 Å². The Hall–Kier alpha value is -2.25. The topological polar surface area (TPSA) is 42.2 Å². The van der Waals surface area contributed by atoms with Gasteiger partial charge in [0.15, 0.2) is 0 Å². The fraction of sp³-hybridized carbons (Fsp3) is 0.615. The van der Waals surface area contributed by atoms with E-state index >= 15 is 0 Å². The van der Waals surface area contributed by atoms with E-state index in [1.807, 2.05) is 42.5 Å². The predicted octanol–water partition coefficient (Wildman–Crippen LogP) is 12.7. The number of nitrogens with zero attached hydrogens (tertiary/aromatic N) is 1. The first-order valence-electron chi connectivity index (χ1n) is 17.4. The van der Waals surface area contributed by atoms with Crippen molar-refractivity contribution in [2.24, 2.45) is 0 Å². The Balaban J connectivity index is 1.56. The minimum Gasteiger partial charge on any atom is -0.494 e. The average molecular weight is 653 g/mol. The van der Waals surface area contributed by atoms with E-state index in [9.17, 15) is 5.26 Å². The van der Waals surface area contributed by atoms with Gasteiger partial charge in [0.05, 0.1) is 13.2 Å². The highest BCUT2D eigenvalue weighted by Crippen LogP contribution is 2.25. The van der Waals surface area contributed by atoms with E-state index in [0.29, 0.717) is 22.7 Å². The molecule has 0 aliphatic heterocycles. The molecule has 3 nitrogen and oxygen atoms in total. The molecule has 0 aliphatic rings. The summed E-state index contributed by atoms with van der Waals surface area (Å²) in [7, 11) is 0. The molecule has 43 heavy (non-hydrogen) atoms. The van der Waals surface area contributed by atoms with Gasteiger partial charge in [-0.2, -0.15) is 5.26 Å². The maximum atomic E-state index is 9.77. The lowest BCUT2D eigenvalue weighted by Gasteiger charge is -2.11. The van der Waals surface area contributed by atoms with Gasteiger partial charge >= 0.3 is 0 Å². The standard InChI is InChI=1S/C39H58BrNO2/c1-3-5-6-7-8-9-10-11-12-13-14-15-16-17-18-19-31-42-37-29-26-34(27-30-37)25-28-35-22-20-24-39(38(35)33-41)43-32-21-23-36(40)4-2/h20,22,24-30,36H,3-19,21,23,31-32H2,1-2H3. The van der Waals surface area contributed by atoms with E-state index in [1.165, 1.54) is 96.3 Å². The molecule has 2 aromatic carbocycles. The van der Waals surface area contributed by atoms with Crippen LogP contribution in [-0.2, 0) is 0 Å². The maximum Gasteiger partial charge on any atom is 0.137 e. The van der Waals surface area contributed by atoms with Crippen LogP contribution in [0, 0.1) is 11.3 Å². The number of hydrogen-bond donors (Lipinski definition) is 0. The van der Waals surface area contributed by atoms with Crippen molar-refractivity contribution in [2.45, 2.75) is 141 Å². The van der Waals surface area contributed by atoms with Crippen LogP contribution >= 0.6 is 15.9 Å². The highest BCUT2D eigenvalue weighted by Gasteiger charge is 2.08. The van der Waals surface area contributed by atoms with E-state index in [4.69, 9.17) is 9.47 Å². The van der Waals surface area contributed by atoms with Crippen molar-refractivity contribution in [3.8, 4) is 17.6 Å². The van der Waals surface area contributed by atoms with Crippen molar-refractivity contribution in [3.63, 3.8) is 0 Å². The summed E-state index contributed by atoms with van der Waals surface area (Å²) >= 11 is 3.67. The van der Waals surface area contributed by atoms with Gasteiger partial charge in [-0.25, -0.2) is 0 Å². The Morgan fingerprint density at radius 3 is 1.79 bits per heavy atom. The second-order valence-electron chi connectivity index (χ2n) is 11.9. The lowest BCUT2D eigenvalue weighted by atomic mass is 10.0. The van der Waals surface area contributed by atoms with E-state index in [1.54, 1.807) is 0 Å². The average Bonchev–Trinajstić information content (AvgIpc) is 3.03. The van der Waals surface area contributed by atoms with Gasteiger partial charge in [0.2, 0.25) is 0 Å². The van der Waals surface area contributed by atoms with Gasteiger partial charge in [0, 0.05) is 4.83 Å². The molecule has 4 heteroatoms. The third-order valence-corrected chi connectivity index (χ3v) is 9.24. The van der Waals surface area contributed by atoms with Crippen LogP contribution in [0.2, 0.25) is 0 Å². The third-order valence-electron chi connectivity index (χ3n) is 8.13. The van der Waals surface area contributed by atoms with Crippen LogP contribution in [0.4, 0.5) is 0 Å². The first-order valence-corrected chi connectivity index (χ1v) is 18.3. The van der Waals surface area contributed by atoms with Gasteiger partial charge in [0.1, 0.15) is 23.1 Å². The number of unbranched alkanes of at least 4 members (excludes halogenated alkanes) is 15. The molecule has 2 rings (SSSR count). The van der Waals surface area contributed by atoms with Crippen molar-refractivity contribution in [1.29, 1.82) is 5.26 Å². The molecule has 0 fully saturated rings. The summed E-state index contributed by atoms with van der Waals surface area (Å²) in [6.45, 7) is 5.86. The molecule has 0 bridgehead atoms. The zero-order chi connectivity index (χ0) is 30.8. The van der Waals surface area contributed by atoms with Gasteiger partial charge in [-0.05, 0) is 55.0 Å². The monoisotopic (exact) mass is 651 g/mol. The van der Waals surface area contributed by atoms with Crippen LogP contribution < -0.4 is 9.47 Å². The quantitative estimate of drug-likeness (QED) is 0.0577. The number of hydrogen-bond acceptors (Lipinski definition) is 3. The van der Waals surface area contributed by atoms with Crippen molar-refractivity contribution in [1.82, 2.24) is 0 Å². The Bertz CT molecular complexity index is 1030. The molecule has 0 aliphatic carbocycles. The lowest BCUT2D eigenvalue weighted by Crippen LogP contribution is -2.03. The van der Waals surface area contributed by atoms with Crippen LogP contribution in [-0.4, -0.2) is 18.0 Å². The lowest BCUT2D eigenvalue weighted by molar-refractivity contribution is 0.304. The second-order valence-corrected chi connectivity index (χ2v) is 13.2. The summed E-state index contributed by atoms with van der Waals surface area (Å²) in [6.07, 6.45) is 29.2. The largest absolute Gasteiger partial charge is 0.494 e. The minimum absolute atomic E-state index is 0.524. The molecule has 0 N–H and O–H groups in total. The molecule has 2 aromatic rings. The first kappa shape index (κ1) is 36.9. The van der Waals surface area contributed by atoms with Crippen molar-refractivity contribution in [3.05, 3.63) is 59.2 Å². The molecule has 0 aromatic heterocycles. The molecule has 0 saturated heterocycles. The highest BCUT2D eigenvalue weighted by atomic mass is 79.9. The van der Waals surface area contributed by atoms with E-state index in [0.717, 1.165) is 49.2 Å². The molecule has 0 amide bonds. The summed E-state index contributed by atoms with van der Waals surface area (Å²) in [4.78, 5) is 0.524. The molecular weight excluding hydrogens is 594 g/mol. The maximum absolute atomic E-state index is 9.77. The molecule has 1 unspecified atom stereocenters. The molecule has 0 spiro atoms. The summed E-state index contributed by atoms with van der Waals surface area (Å²) in [5.41, 5.74) is 2.53. The van der Waals surface area contributed by atoms with Gasteiger partial charge in [-0.3, -0.25) is 0 Å². The number of alkyl halides is 1. The smallest absolute Gasteiger partial charge is 0.137 e. The summed E-state index contributed by atoms with van der Waals surface area (Å²) in [5.74, 6) is 1.57. The number of nitriles is 1. The van der Waals surface area contributed by atoms with Crippen LogP contribution in [0.25, 0.3) is 12.2 Å². The molecule has 238 valence electrons. The Morgan fingerprint density at radius 2 is 1.23 bits per heavy atom. The number of rotatable bonds is 26. The van der Waals surface area contributed by atoms with Gasteiger partial charge in [-0.1, -0.05) is 163 Å².